The summed E-state index contributed by atoms with van der Waals surface area (Å²) in [6.07, 6.45) is -2.31. The molecule has 1 atom stereocenters. The number of nitrogens with zero attached hydrogens (tertiary/aromatic N) is 4. The SMILES string of the molecule is Cl.NC(CC(=O)N1CCn2c(C(F)(F)F)nc(-c3ccncc3)c2C1)Cc1cc(F)c(F)cc1F. The largest absolute Gasteiger partial charge is 0.449 e. The molecule has 1 unspecified atom stereocenters. The fourth-order valence-electron chi connectivity index (χ4n) is 3.97. The van der Waals surface area contributed by atoms with Gasteiger partial charge in [0.2, 0.25) is 11.7 Å². The number of hydrogen-bond acceptors (Lipinski definition) is 4. The Morgan fingerprint density at radius 2 is 1.71 bits per heavy atom. The molecule has 188 valence electrons. The summed E-state index contributed by atoms with van der Waals surface area (Å²) in [6, 6.07) is 3.23. The van der Waals surface area contributed by atoms with Crippen LogP contribution in [0.4, 0.5) is 26.3 Å². The standard InChI is InChI=1S/C22H19F6N5O.ClH/c23-15-10-17(25)16(24)8-13(15)7-14(29)9-19(34)32-5-6-33-18(11-32)20(12-1-3-30-4-2-12)31-21(33)22(26,27)28;/h1-4,8,10,14H,5-7,9,11,29H2;1H. The van der Waals surface area contributed by atoms with Gasteiger partial charge in [-0.25, -0.2) is 18.2 Å². The maximum Gasteiger partial charge on any atom is 0.449 e. The molecule has 0 spiro atoms. The van der Waals surface area contributed by atoms with Crippen molar-refractivity contribution in [2.75, 3.05) is 6.54 Å². The van der Waals surface area contributed by atoms with Gasteiger partial charge in [0.15, 0.2) is 11.6 Å². The van der Waals surface area contributed by atoms with Crippen molar-refractivity contribution in [3.05, 3.63) is 71.2 Å². The van der Waals surface area contributed by atoms with Gasteiger partial charge in [0.05, 0.1) is 17.9 Å². The van der Waals surface area contributed by atoms with Crippen molar-refractivity contribution in [3.8, 4) is 11.3 Å². The molecule has 1 aliphatic rings. The van der Waals surface area contributed by atoms with Crippen LogP contribution in [-0.4, -0.2) is 37.9 Å². The van der Waals surface area contributed by atoms with Gasteiger partial charge in [-0.15, -0.1) is 12.4 Å². The molecule has 1 amide bonds. The molecular weight excluding hydrogens is 500 g/mol. The van der Waals surface area contributed by atoms with E-state index in [0.717, 1.165) is 4.57 Å². The van der Waals surface area contributed by atoms with Crippen molar-refractivity contribution in [1.82, 2.24) is 19.4 Å². The minimum atomic E-state index is -4.68. The molecule has 0 radical (unpaired) electrons. The highest BCUT2D eigenvalue weighted by atomic mass is 35.5. The van der Waals surface area contributed by atoms with Crippen LogP contribution in [0.15, 0.2) is 36.7 Å². The number of imidazole rings is 1. The molecule has 0 bridgehead atoms. The van der Waals surface area contributed by atoms with Gasteiger partial charge in [0.25, 0.3) is 0 Å². The lowest BCUT2D eigenvalue weighted by Crippen LogP contribution is -2.42. The second kappa shape index (κ2) is 10.2. The fourth-order valence-corrected chi connectivity index (χ4v) is 3.97. The van der Waals surface area contributed by atoms with Crippen LogP contribution in [0.3, 0.4) is 0 Å². The van der Waals surface area contributed by atoms with E-state index in [-0.39, 0.29) is 61.8 Å². The molecule has 0 fully saturated rings. The van der Waals surface area contributed by atoms with Crippen molar-refractivity contribution in [2.24, 2.45) is 5.73 Å². The van der Waals surface area contributed by atoms with E-state index >= 15 is 0 Å². The lowest BCUT2D eigenvalue weighted by atomic mass is 10.0. The van der Waals surface area contributed by atoms with Crippen LogP contribution < -0.4 is 5.73 Å². The predicted octanol–water partition coefficient (Wildman–Crippen LogP) is 4.11. The first-order valence-corrected chi connectivity index (χ1v) is 10.3. The first-order chi connectivity index (χ1) is 16.0. The molecule has 1 aromatic carbocycles. The molecule has 2 N–H and O–H groups in total. The lowest BCUT2D eigenvalue weighted by molar-refractivity contribution is -0.148. The van der Waals surface area contributed by atoms with E-state index in [2.05, 4.69) is 9.97 Å². The number of pyridine rings is 1. The molecule has 0 saturated heterocycles. The Balaban J connectivity index is 0.00000342. The highest BCUT2D eigenvalue weighted by molar-refractivity contribution is 5.85. The fraction of sp³-hybridized carbons (Fsp3) is 0.318. The zero-order valence-corrected chi connectivity index (χ0v) is 18.8. The first-order valence-electron chi connectivity index (χ1n) is 10.3. The van der Waals surface area contributed by atoms with Gasteiger partial charge in [-0.1, -0.05) is 0 Å². The number of fused-ring (bicyclic) bond motifs is 1. The van der Waals surface area contributed by atoms with Gasteiger partial charge in [-0.05, 0) is 30.2 Å². The number of aromatic nitrogens is 3. The van der Waals surface area contributed by atoms with Crippen LogP contribution in [0.5, 0.6) is 0 Å². The number of carbonyl (C=O) groups excluding carboxylic acids is 1. The molecule has 2 aromatic heterocycles. The molecule has 0 saturated carbocycles. The number of amides is 1. The number of benzene rings is 1. The highest BCUT2D eigenvalue weighted by Crippen LogP contribution is 2.35. The second-order valence-corrected chi connectivity index (χ2v) is 7.96. The Morgan fingerprint density at radius 1 is 1.06 bits per heavy atom. The normalized spacial score (nSPS) is 14.3. The Labute approximate surface area is 202 Å². The van der Waals surface area contributed by atoms with E-state index < -0.39 is 41.4 Å². The van der Waals surface area contributed by atoms with Crippen LogP contribution >= 0.6 is 12.4 Å². The monoisotopic (exact) mass is 519 g/mol. The van der Waals surface area contributed by atoms with Crippen LogP contribution in [0.2, 0.25) is 0 Å². The summed E-state index contributed by atoms with van der Waals surface area (Å²) in [7, 11) is 0. The molecule has 13 heteroatoms. The Hall–Kier alpha value is -3.12. The third-order valence-corrected chi connectivity index (χ3v) is 5.57. The summed E-state index contributed by atoms with van der Waals surface area (Å²) in [5.74, 6) is -5.06. The van der Waals surface area contributed by atoms with Crippen molar-refractivity contribution >= 4 is 18.3 Å². The number of alkyl halides is 3. The smallest absolute Gasteiger partial charge is 0.335 e. The van der Waals surface area contributed by atoms with E-state index in [0.29, 0.717) is 17.7 Å². The van der Waals surface area contributed by atoms with Gasteiger partial charge < -0.3 is 15.2 Å². The van der Waals surface area contributed by atoms with Crippen LogP contribution in [0.1, 0.15) is 23.5 Å². The van der Waals surface area contributed by atoms with E-state index in [1.807, 2.05) is 0 Å². The summed E-state index contributed by atoms with van der Waals surface area (Å²) in [5.41, 5.74) is 6.51. The molecule has 0 aliphatic carbocycles. The zero-order valence-electron chi connectivity index (χ0n) is 18.0. The minimum Gasteiger partial charge on any atom is -0.335 e. The predicted molar refractivity (Wildman–Crippen MR) is 116 cm³/mol. The van der Waals surface area contributed by atoms with Crippen LogP contribution in [0, 0.1) is 17.5 Å². The maximum atomic E-state index is 13.9. The molecule has 4 rings (SSSR count). The Kier molecular flexibility index (Phi) is 7.75. The Morgan fingerprint density at radius 3 is 2.37 bits per heavy atom. The van der Waals surface area contributed by atoms with Gasteiger partial charge in [-0.2, -0.15) is 13.2 Å². The van der Waals surface area contributed by atoms with Crippen LogP contribution in [-0.2, 0) is 30.5 Å². The van der Waals surface area contributed by atoms with E-state index in [1.54, 1.807) is 0 Å². The van der Waals surface area contributed by atoms with Gasteiger partial charge in [-0.3, -0.25) is 9.78 Å². The number of halogens is 7. The van der Waals surface area contributed by atoms with Gasteiger partial charge in [0, 0.05) is 49.6 Å². The van der Waals surface area contributed by atoms with Gasteiger partial charge in [0.1, 0.15) is 5.82 Å². The van der Waals surface area contributed by atoms with Crippen molar-refractivity contribution in [2.45, 2.75) is 38.1 Å². The second-order valence-electron chi connectivity index (χ2n) is 7.96. The molecule has 1 aliphatic heterocycles. The molecule has 3 aromatic rings. The summed E-state index contributed by atoms with van der Waals surface area (Å²) in [5, 5.41) is 0. The molecule has 6 nitrogen and oxygen atoms in total. The summed E-state index contributed by atoms with van der Waals surface area (Å²) < 4.78 is 82.1. The average molecular weight is 520 g/mol. The summed E-state index contributed by atoms with van der Waals surface area (Å²) in [6.45, 7) is -0.264. The number of nitrogens with two attached hydrogens (primary N) is 1. The van der Waals surface area contributed by atoms with E-state index in [1.165, 1.54) is 29.4 Å². The number of rotatable bonds is 5. The van der Waals surface area contributed by atoms with Crippen LogP contribution in [0.25, 0.3) is 11.3 Å². The Bertz CT molecular complexity index is 1220. The number of hydrogen-bond donors (Lipinski definition) is 1. The number of carbonyl (C=O) groups is 1. The average Bonchev–Trinajstić information content (AvgIpc) is 3.17. The third kappa shape index (κ3) is 5.59. The van der Waals surface area contributed by atoms with Gasteiger partial charge >= 0.3 is 6.18 Å². The molecule has 3 heterocycles. The quantitative estimate of drug-likeness (QED) is 0.407. The minimum absolute atomic E-state index is 0. The topological polar surface area (TPSA) is 77.0 Å². The first kappa shape index (κ1) is 26.5. The van der Waals surface area contributed by atoms with E-state index in [9.17, 15) is 31.1 Å². The lowest BCUT2D eigenvalue weighted by Gasteiger charge is -2.30. The molecular formula is C22H20ClF6N5O. The van der Waals surface area contributed by atoms with Crippen molar-refractivity contribution < 1.29 is 31.1 Å². The molecule has 35 heavy (non-hydrogen) atoms. The summed E-state index contributed by atoms with van der Waals surface area (Å²) in [4.78, 5) is 21.8. The maximum absolute atomic E-state index is 13.9. The van der Waals surface area contributed by atoms with Crippen molar-refractivity contribution in [1.29, 1.82) is 0 Å². The van der Waals surface area contributed by atoms with Crippen molar-refractivity contribution in [3.63, 3.8) is 0 Å². The third-order valence-electron chi connectivity index (χ3n) is 5.57. The zero-order chi connectivity index (χ0) is 24.6. The summed E-state index contributed by atoms with van der Waals surface area (Å²) >= 11 is 0. The highest BCUT2D eigenvalue weighted by Gasteiger charge is 2.40. The van der Waals surface area contributed by atoms with E-state index in [4.69, 9.17) is 5.73 Å².